The first kappa shape index (κ1) is 17.0. The molecule has 0 aliphatic rings. The molecular formula is C17H17N3O4. The number of methoxy groups -OCH3 is 1. The van der Waals surface area contributed by atoms with Gasteiger partial charge in [-0.1, -0.05) is 24.8 Å². The van der Waals surface area contributed by atoms with Gasteiger partial charge in [-0.25, -0.2) is 0 Å². The Morgan fingerprint density at radius 3 is 2.79 bits per heavy atom. The maximum Gasteiger partial charge on any atom is 0.294 e. The van der Waals surface area contributed by atoms with Crippen molar-refractivity contribution < 1.29 is 14.4 Å². The number of nitrogens with zero attached hydrogens (tertiary/aromatic N) is 2. The number of para-hydroxylation sites is 2. The van der Waals surface area contributed by atoms with Crippen molar-refractivity contribution in [1.82, 2.24) is 0 Å². The Morgan fingerprint density at radius 2 is 2.08 bits per heavy atom. The second kappa shape index (κ2) is 8.33. The smallest absolute Gasteiger partial charge is 0.294 e. The first-order valence-corrected chi connectivity index (χ1v) is 7.10. The van der Waals surface area contributed by atoms with Crippen LogP contribution in [-0.4, -0.2) is 24.9 Å². The van der Waals surface area contributed by atoms with Crippen molar-refractivity contribution in [3.63, 3.8) is 0 Å². The van der Waals surface area contributed by atoms with Gasteiger partial charge in [0.25, 0.3) is 5.69 Å². The molecule has 0 radical (unpaired) electrons. The molecule has 0 unspecified atom stereocenters. The summed E-state index contributed by atoms with van der Waals surface area (Å²) in [7, 11) is 1.54. The Hall–Kier alpha value is -3.35. The zero-order chi connectivity index (χ0) is 17.4. The number of hydrogen-bond donors (Lipinski definition) is 1. The van der Waals surface area contributed by atoms with Crippen LogP contribution in [0.5, 0.6) is 11.5 Å². The van der Waals surface area contributed by atoms with Crippen molar-refractivity contribution >= 4 is 17.6 Å². The molecule has 0 bridgehead atoms. The van der Waals surface area contributed by atoms with Crippen LogP contribution in [0.1, 0.15) is 5.56 Å². The van der Waals surface area contributed by atoms with Crippen LogP contribution in [0.25, 0.3) is 0 Å². The molecule has 7 heteroatoms. The summed E-state index contributed by atoms with van der Waals surface area (Å²) in [6.07, 6.45) is 3.18. The van der Waals surface area contributed by atoms with E-state index in [1.807, 2.05) is 0 Å². The molecule has 0 atom stereocenters. The number of nitrogens with one attached hydrogen (secondary N) is 1. The summed E-state index contributed by atoms with van der Waals surface area (Å²) < 4.78 is 10.7. The summed E-state index contributed by atoms with van der Waals surface area (Å²) in [6, 6.07) is 11.6. The molecule has 0 amide bonds. The van der Waals surface area contributed by atoms with Gasteiger partial charge in [-0.2, -0.15) is 5.10 Å². The molecule has 7 nitrogen and oxygen atoms in total. The fourth-order valence-electron chi connectivity index (χ4n) is 1.94. The van der Waals surface area contributed by atoms with E-state index in [0.29, 0.717) is 23.8 Å². The second-order valence-electron chi connectivity index (χ2n) is 4.65. The van der Waals surface area contributed by atoms with E-state index in [1.165, 1.54) is 12.3 Å². The van der Waals surface area contributed by atoms with Crippen molar-refractivity contribution in [3.05, 3.63) is 70.8 Å². The zero-order valence-electron chi connectivity index (χ0n) is 13.1. The van der Waals surface area contributed by atoms with Gasteiger partial charge in [0.05, 0.1) is 18.2 Å². The van der Waals surface area contributed by atoms with Gasteiger partial charge < -0.3 is 9.47 Å². The number of ether oxygens (including phenoxy) is 2. The summed E-state index contributed by atoms with van der Waals surface area (Å²) in [5, 5.41) is 15.0. The number of hydrogen-bond acceptors (Lipinski definition) is 6. The fraction of sp³-hybridized carbons (Fsp3) is 0.118. The Bertz CT molecular complexity index is 759. The molecule has 0 spiro atoms. The standard InChI is InChI=1S/C17H17N3O4/c1-3-10-24-16-9-8-13(11-17(16)23-2)12-18-19-14-6-4-5-7-15(14)20(21)22/h3-9,11-12,19H,1,10H2,2H3/b18-12-. The van der Waals surface area contributed by atoms with E-state index in [0.717, 1.165) is 5.56 Å². The molecule has 0 aliphatic carbocycles. The lowest BCUT2D eigenvalue weighted by Gasteiger charge is -2.09. The van der Waals surface area contributed by atoms with Crippen LogP contribution in [0.4, 0.5) is 11.4 Å². The molecule has 124 valence electrons. The molecule has 2 aromatic carbocycles. The van der Waals surface area contributed by atoms with Gasteiger partial charge >= 0.3 is 0 Å². The van der Waals surface area contributed by atoms with Crippen LogP contribution in [0, 0.1) is 10.1 Å². The van der Waals surface area contributed by atoms with E-state index < -0.39 is 4.92 Å². The molecular weight excluding hydrogens is 310 g/mol. The number of nitro groups is 1. The number of benzene rings is 2. The quantitative estimate of drug-likeness (QED) is 0.346. The van der Waals surface area contributed by atoms with Crippen molar-refractivity contribution in [2.24, 2.45) is 5.10 Å². The summed E-state index contributed by atoms with van der Waals surface area (Å²) in [5.41, 5.74) is 3.70. The third-order valence-electron chi connectivity index (χ3n) is 3.04. The minimum Gasteiger partial charge on any atom is -0.493 e. The van der Waals surface area contributed by atoms with Crippen LogP contribution in [0.3, 0.4) is 0 Å². The topological polar surface area (TPSA) is 86.0 Å². The third kappa shape index (κ3) is 4.33. The largest absolute Gasteiger partial charge is 0.493 e. The second-order valence-corrected chi connectivity index (χ2v) is 4.65. The maximum absolute atomic E-state index is 10.9. The number of anilines is 1. The molecule has 0 saturated carbocycles. The molecule has 0 aliphatic heterocycles. The SMILES string of the molecule is C=CCOc1ccc(/C=N\Nc2ccccc2[N+](=O)[O-])cc1OC. The molecule has 24 heavy (non-hydrogen) atoms. The average Bonchev–Trinajstić information content (AvgIpc) is 2.60. The molecule has 0 aromatic heterocycles. The van der Waals surface area contributed by atoms with E-state index in [4.69, 9.17) is 9.47 Å². The Balaban J connectivity index is 2.12. The van der Waals surface area contributed by atoms with Gasteiger partial charge in [0, 0.05) is 6.07 Å². The summed E-state index contributed by atoms with van der Waals surface area (Å²) >= 11 is 0. The monoisotopic (exact) mass is 327 g/mol. The highest BCUT2D eigenvalue weighted by Crippen LogP contribution is 2.27. The van der Waals surface area contributed by atoms with E-state index in [1.54, 1.807) is 49.6 Å². The number of hydrazone groups is 1. The summed E-state index contributed by atoms with van der Waals surface area (Å²) in [5.74, 6) is 1.16. The number of rotatable bonds is 8. The van der Waals surface area contributed by atoms with Crippen molar-refractivity contribution in [2.45, 2.75) is 0 Å². The van der Waals surface area contributed by atoms with Crippen molar-refractivity contribution in [3.8, 4) is 11.5 Å². The van der Waals surface area contributed by atoms with Crippen molar-refractivity contribution in [2.75, 3.05) is 19.1 Å². The highest BCUT2D eigenvalue weighted by atomic mass is 16.6. The van der Waals surface area contributed by atoms with E-state index >= 15 is 0 Å². The normalized spacial score (nSPS) is 10.4. The van der Waals surface area contributed by atoms with Gasteiger partial charge in [0.1, 0.15) is 12.3 Å². The highest BCUT2D eigenvalue weighted by Gasteiger charge is 2.11. The summed E-state index contributed by atoms with van der Waals surface area (Å²) in [4.78, 5) is 10.5. The predicted octanol–water partition coefficient (Wildman–Crippen LogP) is 3.61. The zero-order valence-corrected chi connectivity index (χ0v) is 13.1. The van der Waals surface area contributed by atoms with Gasteiger partial charge in [-0.05, 0) is 29.8 Å². The fourth-order valence-corrected chi connectivity index (χ4v) is 1.94. The van der Waals surface area contributed by atoms with Gasteiger partial charge in [-0.3, -0.25) is 15.5 Å². The van der Waals surface area contributed by atoms with Crippen LogP contribution >= 0.6 is 0 Å². The predicted molar refractivity (Wildman–Crippen MR) is 93.0 cm³/mol. The minimum atomic E-state index is -0.466. The van der Waals surface area contributed by atoms with Crippen LogP contribution in [0.15, 0.2) is 60.2 Å². The minimum absolute atomic E-state index is 0.0413. The third-order valence-corrected chi connectivity index (χ3v) is 3.04. The molecule has 1 N–H and O–H groups in total. The molecule has 0 fully saturated rings. The summed E-state index contributed by atoms with van der Waals surface area (Å²) in [6.45, 7) is 3.97. The lowest BCUT2D eigenvalue weighted by molar-refractivity contribution is -0.384. The Morgan fingerprint density at radius 1 is 1.29 bits per heavy atom. The van der Waals surface area contributed by atoms with Gasteiger partial charge in [0.15, 0.2) is 11.5 Å². The lowest BCUT2D eigenvalue weighted by Crippen LogP contribution is -1.98. The molecule has 2 aromatic rings. The molecule has 0 heterocycles. The highest BCUT2D eigenvalue weighted by molar-refractivity contribution is 5.81. The average molecular weight is 327 g/mol. The molecule has 2 rings (SSSR count). The first-order chi connectivity index (χ1) is 11.7. The van der Waals surface area contributed by atoms with E-state index in [-0.39, 0.29) is 5.69 Å². The maximum atomic E-state index is 10.9. The Labute approximate surface area is 139 Å². The van der Waals surface area contributed by atoms with E-state index in [2.05, 4.69) is 17.1 Å². The Kier molecular flexibility index (Phi) is 5.90. The van der Waals surface area contributed by atoms with Crippen molar-refractivity contribution in [1.29, 1.82) is 0 Å². The first-order valence-electron chi connectivity index (χ1n) is 7.10. The van der Waals surface area contributed by atoms with E-state index in [9.17, 15) is 10.1 Å². The van der Waals surface area contributed by atoms with Crippen LogP contribution in [0.2, 0.25) is 0 Å². The van der Waals surface area contributed by atoms with Crippen LogP contribution < -0.4 is 14.9 Å². The number of nitro benzene ring substituents is 1. The van der Waals surface area contributed by atoms with Gasteiger partial charge in [0.2, 0.25) is 0 Å². The molecule has 0 saturated heterocycles. The van der Waals surface area contributed by atoms with Gasteiger partial charge in [-0.15, -0.1) is 0 Å². The van der Waals surface area contributed by atoms with Crippen LogP contribution in [-0.2, 0) is 0 Å². The lowest BCUT2D eigenvalue weighted by atomic mass is 10.2.